The first-order chi connectivity index (χ1) is 3.93. The Balaban J connectivity index is 0. The van der Waals surface area contributed by atoms with Gasteiger partial charge in [-0.15, -0.1) is 0 Å². The average Bonchev–Trinajstić information content (AvgIpc) is 1.90. The summed E-state index contributed by atoms with van der Waals surface area (Å²) in [6.07, 6.45) is 3.67. The minimum atomic E-state index is 0. The van der Waals surface area contributed by atoms with E-state index in [2.05, 4.69) is 6.26 Å². The van der Waals surface area contributed by atoms with Crippen molar-refractivity contribution in [1.82, 2.24) is 0 Å². The molecule has 0 amide bonds. The monoisotopic (exact) mass is 162 g/mol. The van der Waals surface area contributed by atoms with Gasteiger partial charge in [-0.1, -0.05) is 30.3 Å². The van der Waals surface area contributed by atoms with E-state index in [1.807, 2.05) is 30.3 Å². The van der Waals surface area contributed by atoms with Crippen LogP contribution in [-0.2, 0) is 0 Å². The predicted molar refractivity (Wildman–Crippen MR) is 49.8 cm³/mol. The zero-order valence-corrected chi connectivity index (χ0v) is 8.44. The molecule has 0 atom stereocenters. The number of hydrogen-bond donors (Lipinski definition) is 0. The molecule has 0 aliphatic heterocycles. The summed E-state index contributed by atoms with van der Waals surface area (Å²) in [5.74, 6) is 0. The third-order valence-corrected chi connectivity index (χ3v) is 1.52. The maximum Gasteiger partial charge on any atom is 2.00 e. The fourth-order valence-electron chi connectivity index (χ4n) is 0.517. The molecule has 0 N–H and O–H groups in total. The zero-order chi connectivity index (χ0) is 5.82. The summed E-state index contributed by atoms with van der Waals surface area (Å²) in [7, 11) is 0. The summed E-state index contributed by atoms with van der Waals surface area (Å²) in [6.45, 7) is 0. The summed E-state index contributed by atoms with van der Waals surface area (Å²) in [5.41, 5.74) is 0. The van der Waals surface area contributed by atoms with E-state index in [-0.39, 0.29) is 30.5 Å². The van der Waals surface area contributed by atoms with E-state index in [0.717, 1.165) is 0 Å². The van der Waals surface area contributed by atoms with Crippen LogP contribution in [0.25, 0.3) is 0 Å². The SMILES string of the molecule is [CH2-]Sc1ccccc1.[CH3-].[Mg+2]. The molecule has 0 radical (unpaired) electrons. The van der Waals surface area contributed by atoms with Gasteiger partial charge in [0.05, 0.1) is 0 Å². The third kappa shape index (κ3) is 4.20. The second kappa shape index (κ2) is 7.44. The van der Waals surface area contributed by atoms with Crippen LogP contribution in [-0.4, -0.2) is 23.1 Å². The number of thioether (sulfide) groups is 1. The zero-order valence-electron chi connectivity index (χ0n) is 6.21. The molecule has 0 saturated heterocycles. The quantitative estimate of drug-likeness (QED) is 0.348. The Bertz CT molecular complexity index is 151. The van der Waals surface area contributed by atoms with Crippen LogP contribution < -0.4 is 0 Å². The standard InChI is InChI=1S/C7H7S.CH3.Mg/c1-8-7-5-3-2-4-6-7;;/h2-6H,1H2;1H3;/q2*-1;+2. The van der Waals surface area contributed by atoms with Crippen molar-refractivity contribution in [2.24, 2.45) is 0 Å². The van der Waals surface area contributed by atoms with Gasteiger partial charge in [0.2, 0.25) is 0 Å². The van der Waals surface area contributed by atoms with Crippen molar-refractivity contribution in [1.29, 1.82) is 0 Å². The molecule has 0 bridgehead atoms. The first kappa shape index (κ1) is 13.0. The smallest absolute Gasteiger partial charge is 0.358 e. The Morgan fingerprint density at radius 1 is 1.10 bits per heavy atom. The minimum absolute atomic E-state index is 0. The summed E-state index contributed by atoms with van der Waals surface area (Å²) in [5, 5.41) is 0. The average molecular weight is 163 g/mol. The van der Waals surface area contributed by atoms with E-state index in [9.17, 15) is 0 Å². The normalized spacial score (nSPS) is 7.30. The van der Waals surface area contributed by atoms with E-state index >= 15 is 0 Å². The van der Waals surface area contributed by atoms with Crippen LogP contribution in [0.4, 0.5) is 0 Å². The molecule has 10 heavy (non-hydrogen) atoms. The first-order valence-electron chi connectivity index (χ1n) is 2.40. The van der Waals surface area contributed by atoms with Crippen molar-refractivity contribution in [2.75, 3.05) is 0 Å². The van der Waals surface area contributed by atoms with Gasteiger partial charge < -0.3 is 19.2 Å². The van der Waals surface area contributed by atoms with Crippen molar-refractivity contribution < 1.29 is 0 Å². The van der Waals surface area contributed by atoms with Crippen molar-refractivity contribution in [3.05, 3.63) is 44.0 Å². The fourth-order valence-corrected chi connectivity index (χ4v) is 0.866. The van der Waals surface area contributed by atoms with Crippen LogP contribution >= 0.6 is 11.8 Å². The molecule has 2 heteroatoms. The second-order valence-corrected chi connectivity index (χ2v) is 2.22. The van der Waals surface area contributed by atoms with E-state index in [1.54, 1.807) is 0 Å². The van der Waals surface area contributed by atoms with Crippen molar-refractivity contribution in [3.8, 4) is 0 Å². The van der Waals surface area contributed by atoms with Gasteiger partial charge in [0.1, 0.15) is 0 Å². The van der Waals surface area contributed by atoms with Gasteiger partial charge in [-0.2, -0.15) is 0 Å². The predicted octanol–water partition coefficient (Wildman–Crippen LogP) is 2.64. The van der Waals surface area contributed by atoms with Crippen molar-refractivity contribution in [3.63, 3.8) is 0 Å². The molecular weight excluding hydrogens is 152 g/mol. The van der Waals surface area contributed by atoms with Crippen molar-refractivity contribution in [2.45, 2.75) is 4.90 Å². The Kier molecular flexibility index (Phi) is 9.65. The number of hydrogen-bond acceptors (Lipinski definition) is 1. The fraction of sp³-hybridized carbons (Fsp3) is 0. The molecule has 0 nitrogen and oxygen atoms in total. The van der Waals surface area contributed by atoms with Gasteiger partial charge in [0, 0.05) is 0 Å². The topological polar surface area (TPSA) is 0 Å². The Hall–Kier alpha value is 0.336. The van der Waals surface area contributed by atoms with E-state index in [0.29, 0.717) is 0 Å². The number of rotatable bonds is 1. The third-order valence-electron chi connectivity index (χ3n) is 0.910. The van der Waals surface area contributed by atoms with Gasteiger partial charge in [0.15, 0.2) is 0 Å². The Morgan fingerprint density at radius 3 is 1.90 bits per heavy atom. The summed E-state index contributed by atoms with van der Waals surface area (Å²) >= 11 is 1.52. The van der Waals surface area contributed by atoms with Gasteiger partial charge in [0.25, 0.3) is 0 Å². The van der Waals surface area contributed by atoms with Crippen LogP contribution in [0.15, 0.2) is 35.2 Å². The molecular formula is C8H10MgS. The first-order valence-corrected chi connectivity index (χ1v) is 3.39. The molecule has 1 rings (SSSR count). The largest absolute Gasteiger partial charge is 2.00 e. The van der Waals surface area contributed by atoms with Crippen LogP contribution in [0.2, 0.25) is 0 Å². The van der Waals surface area contributed by atoms with E-state index < -0.39 is 0 Å². The summed E-state index contributed by atoms with van der Waals surface area (Å²) in [4.78, 5) is 1.22. The molecule has 0 spiro atoms. The van der Waals surface area contributed by atoms with Gasteiger partial charge in [-0.3, -0.25) is 6.26 Å². The second-order valence-electron chi connectivity index (χ2n) is 1.46. The van der Waals surface area contributed by atoms with Crippen molar-refractivity contribution >= 4 is 34.8 Å². The molecule has 0 fully saturated rings. The van der Waals surface area contributed by atoms with E-state index in [4.69, 9.17) is 0 Å². The van der Waals surface area contributed by atoms with Gasteiger partial charge >= 0.3 is 23.1 Å². The molecule has 1 aromatic rings. The van der Waals surface area contributed by atoms with E-state index in [1.165, 1.54) is 16.7 Å². The van der Waals surface area contributed by atoms with Gasteiger partial charge in [-0.25, -0.2) is 0 Å². The van der Waals surface area contributed by atoms with Crippen LogP contribution in [0.5, 0.6) is 0 Å². The molecule has 0 aliphatic carbocycles. The molecule has 50 valence electrons. The molecule has 0 aliphatic rings. The summed E-state index contributed by atoms with van der Waals surface area (Å²) < 4.78 is 0. The van der Waals surface area contributed by atoms with Crippen LogP contribution in [0, 0.1) is 13.7 Å². The number of benzene rings is 1. The van der Waals surface area contributed by atoms with Crippen LogP contribution in [0.1, 0.15) is 0 Å². The minimum Gasteiger partial charge on any atom is -0.358 e. The molecule has 1 aromatic carbocycles. The van der Waals surface area contributed by atoms with Gasteiger partial charge in [-0.05, 0) is 4.90 Å². The molecule has 0 aromatic heterocycles. The van der Waals surface area contributed by atoms with Crippen LogP contribution in [0.3, 0.4) is 0 Å². The Labute approximate surface area is 83.6 Å². The maximum absolute atomic E-state index is 3.67. The Morgan fingerprint density at radius 2 is 1.60 bits per heavy atom. The molecule has 0 heterocycles. The molecule has 0 saturated carbocycles. The summed E-state index contributed by atoms with van der Waals surface area (Å²) in [6, 6.07) is 10.1. The molecule has 0 unspecified atom stereocenters. The maximum atomic E-state index is 3.67.